The van der Waals surface area contributed by atoms with Gasteiger partial charge in [-0.3, -0.25) is 4.79 Å². The normalized spacial score (nSPS) is 50.5. The van der Waals surface area contributed by atoms with Crippen molar-refractivity contribution in [1.29, 1.82) is 0 Å². The van der Waals surface area contributed by atoms with E-state index in [1.165, 1.54) is 6.08 Å². The molecule has 1 saturated carbocycles. The average Bonchev–Trinajstić information content (AvgIpc) is 3.28. The third kappa shape index (κ3) is 3.74. The summed E-state index contributed by atoms with van der Waals surface area (Å²) < 4.78 is 24.6. The molecule has 0 radical (unpaired) electrons. The zero-order valence-corrected chi connectivity index (χ0v) is 23.1. The fourth-order valence-electron chi connectivity index (χ4n) is 9.18. The first-order valence-corrected chi connectivity index (χ1v) is 14.2. The lowest BCUT2D eigenvalue weighted by molar-refractivity contribution is -0.276. The van der Waals surface area contributed by atoms with Crippen LogP contribution in [0.2, 0.25) is 0 Å². The Balaban J connectivity index is 1.35. The fourth-order valence-corrected chi connectivity index (χ4v) is 9.18. The molecule has 1 spiro atoms. The van der Waals surface area contributed by atoms with Crippen LogP contribution in [-0.4, -0.2) is 40.3 Å². The maximum atomic E-state index is 12.5. The van der Waals surface area contributed by atoms with Gasteiger partial charge >= 0.3 is 11.9 Å². The van der Waals surface area contributed by atoms with E-state index in [4.69, 9.17) is 18.9 Å². The lowest BCUT2D eigenvalue weighted by atomic mass is 9.57. The summed E-state index contributed by atoms with van der Waals surface area (Å²) in [5.74, 6) is -1.96. The minimum atomic E-state index is -1.45. The Morgan fingerprint density at radius 2 is 1.70 bits per heavy atom. The highest BCUT2D eigenvalue weighted by Crippen LogP contribution is 2.67. The van der Waals surface area contributed by atoms with Crippen molar-refractivity contribution in [3.8, 4) is 0 Å². The van der Waals surface area contributed by atoms with Crippen LogP contribution in [0.5, 0.6) is 0 Å². The second-order valence-electron chi connectivity index (χ2n) is 14.0. The molecule has 2 bridgehead atoms. The summed E-state index contributed by atoms with van der Waals surface area (Å²) in [6.45, 7) is 12.9. The predicted molar refractivity (Wildman–Crippen MR) is 135 cm³/mol. The first-order valence-electron chi connectivity index (χ1n) is 14.2. The number of carbonyl (C=O) groups is 2. The molecule has 3 fully saturated rings. The van der Waals surface area contributed by atoms with Crippen molar-refractivity contribution in [1.82, 2.24) is 0 Å². The average molecular weight is 515 g/mol. The number of cyclic esters (lactones) is 1. The third-order valence-corrected chi connectivity index (χ3v) is 11.1. The summed E-state index contributed by atoms with van der Waals surface area (Å²) in [6, 6.07) is 0. The smallest absolute Gasteiger partial charge is 0.335 e. The van der Waals surface area contributed by atoms with Gasteiger partial charge in [0.1, 0.15) is 11.4 Å². The summed E-state index contributed by atoms with van der Waals surface area (Å²) in [6.07, 6.45) is 9.51. The summed E-state index contributed by atoms with van der Waals surface area (Å²) in [5.41, 5.74) is 0.0663. The minimum absolute atomic E-state index is 0.00701. The SMILES string of the molecule is C[C@@H]1C[C@]2(C[C@@H](C)[C@H]3[C@H](C[C@@]4(C)CCC[C@@H]5C6=C[C@](O)(CC[C@]34C)OC6=CC(=O)OC5(C)C)O2)OC1=O. The Morgan fingerprint density at radius 3 is 2.41 bits per heavy atom. The van der Waals surface area contributed by atoms with Crippen molar-refractivity contribution >= 4 is 11.9 Å². The zero-order chi connectivity index (χ0) is 26.6. The van der Waals surface area contributed by atoms with Crippen molar-refractivity contribution < 1.29 is 33.6 Å². The van der Waals surface area contributed by atoms with E-state index in [0.717, 1.165) is 37.7 Å². The predicted octanol–water partition coefficient (Wildman–Crippen LogP) is 5.17. The molecule has 0 unspecified atom stereocenters. The molecule has 6 rings (SSSR count). The van der Waals surface area contributed by atoms with Crippen LogP contribution in [-0.2, 0) is 28.5 Å². The number of hydrogen-bond acceptors (Lipinski definition) is 7. The molecule has 4 heterocycles. The van der Waals surface area contributed by atoms with Gasteiger partial charge in [0.05, 0.1) is 18.1 Å². The van der Waals surface area contributed by atoms with Crippen LogP contribution >= 0.6 is 0 Å². The molecule has 7 nitrogen and oxygen atoms in total. The molecule has 2 saturated heterocycles. The quantitative estimate of drug-likeness (QED) is 0.446. The van der Waals surface area contributed by atoms with E-state index in [9.17, 15) is 14.7 Å². The maximum Gasteiger partial charge on any atom is 0.335 e. The Labute approximate surface area is 219 Å². The number of allylic oxidation sites excluding steroid dienone is 1. The molecule has 0 aromatic rings. The first kappa shape index (κ1) is 25.4. The van der Waals surface area contributed by atoms with E-state index >= 15 is 0 Å². The molecular weight excluding hydrogens is 472 g/mol. The van der Waals surface area contributed by atoms with Gasteiger partial charge in [-0.05, 0) is 68.3 Å². The Morgan fingerprint density at radius 1 is 0.946 bits per heavy atom. The van der Waals surface area contributed by atoms with Crippen LogP contribution in [0.4, 0.5) is 0 Å². The second-order valence-corrected chi connectivity index (χ2v) is 14.0. The van der Waals surface area contributed by atoms with Gasteiger partial charge in [-0.1, -0.05) is 34.1 Å². The van der Waals surface area contributed by atoms with Gasteiger partial charge in [0, 0.05) is 30.8 Å². The monoisotopic (exact) mass is 514 g/mol. The van der Waals surface area contributed by atoms with Crippen LogP contribution in [0.25, 0.3) is 0 Å². The van der Waals surface area contributed by atoms with Gasteiger partial charge in [0.2, 0.25) is 11.6 Å². The van der Waals surface area contributed by atoms with Crippen LogP contribution in [0.3, 0.4) is 0 Å². The second kappa shape index (κ2) is 7.84. The van der Waals surface area contributed by atoms with Gasteiger partial charge in [0.15, 0.2) is 0 Å². The van der Waals surface area contributed by atoms with Crippen molar-refractivity contribution in [3.05, 3.63) is 23.5 Å². The van der Waals surface area contributed by atoms with E-state index in [-0.39, 0.29) is 40.7 Å². The summed E-state index contributed by atoms with van der Waals surface area (Å²) >= 11 is 0. The molecule has 1 N–H and O–H groups in total. The molecule has 204 valence electrons. The van der Waals surface area contributed by atoms with Crippen LogP contribution in [0.15, 0.2) is 23.5 Å². The lowest BCUT2D eigenvalue weighted by Crippen LogP contribution is -2.51. The lowest BCUT2D eigenvalue weighted by Gasteiger charge is -2.51. The molecule has 37 heavy (non-hydrogen) atoms. The molecule has 0 aromatic heterocycles. The Bertz CT molecular complexity index is 1090. The van der Waals surface area contributed by atoms with Gasteiger partial charge in [-0.25, -0.2) is 4.79 Å². The Kier molecular flexibility index (Phi) is 5.39. The van der Waals surface area contributed by atoms with Gasteiger partial charge in [-0.15, -0.1) is 0 Å². The molecule has 7 heteroatoms. The summed E-state index contributed by atoms with van der Waals surface area (Å²) in [4.78, 5) is 24.8. The van der Waals surface area contributed by atoms with Crippen LogP contribution < -0.4 is 0 Å². The minimum Gasteiger partial charge on any atom is -0.458 e. The van der Waals surface area contributed by atoms with E-state index < -0.39 is 23.1 Å². The van der Waals surface area contributed by atoms with Crippen LogP contribution in [0.1, 0.15) is 92.9 Å². The van der Waals surface area contributed by atoms with E-state index in [2.05, 4.69) is 20.8 Å². The van der Waals surface area contributed by atoms with E-state index in [0.29, 0.717) is 30.9 Å². The van der Waals surface area contributed by atoms with Crippen molar-refractivity contribution in [2.45, 2.75) is 116 Å². The standard InChI is InChI=1S/C30H42O7/c1-17-13-30(14-18(2)25(32)37-30)35-22-16-27(5)9-7-8-20-19-15-29(33,11-10-28(27,6)24(17)22)34-21(19)12-23(31)36-26(20,3)4/h12,15,17-18,20,22,24,33H,7-11,13-14,16H2,1-6H3/t17-,18-,20-,22+,24+,27-,28-,29+,30+/m1/s1. The molecule has 0 aromatic carbocycles. The van der Waals surface area contributed by atoms with Crippen LogP contribution in [0, 0.1) is 34.5 Å². The number of esters is 2. The number of aliphatic hydroxyl groups is 1. The van der Waals surface area contributed by atoms with Gasteiger partial charge < -0.3 is 24.1 Å². The number of fused-ring (bicyclic) bond motifs is 4. The van der Waals surface area contributed by atoms with Crippen molar-refractivity contribution in [2.24, 2.45) is 34.5 Å². The fraction of sp³-hybridized carbons (Fsp3) is 0.800. The van der Waals surface area contributed by atoms with E-state index in [1.54, 1.807) is 0 Å². The maximum absolute atomic E-state index is 12.5. The highest BCUT2D eigenvalue weighted by atomic mass is 16.7. The molecule has 4 aliphatic heterocycles. The first-order chi connectivity index (χ1) is 17.2. The van der Waals surface area contributed by atoms with Crippen molar-refractivity contribution in [2.75, 3.05) is 0 Å². The number of carbonyl (C=O) groups excluding carboxylic acids is 2. The number of hydrogen-bond donors (Lipinski definition) is 1. The Hall–Kier alpha value is -1.86. The summed E-state index contributed by atoms with van der Waals surface area (Å²) in [7, 11) is 0. The topological polar surface area (TPSA) is 91.3 Å². The van der Waals surface area contributed by atoms with Gasteiger partial charge in [0.25, 0.3) is 0 Å². The molecule has 2 aliphatic carbocycles. The van der Waals surface area contributed by atoms with Crippen molar-refractivity contribution in [3.63, 3.8) is 0 Å². The molecule has 0 amide bonds. The molecule has 9 atom stereocenters. The van der Waals surface area contributed by atoms with Gasteiger partial charge in [-0.2, -0.15) is 0 Å². The molecule has 6 aliphatic rings. The zero-order valence-electron chi connectivity index (χ0n) is 23.1. The highest BCUT2D eigenvalue weighted by Gasteiger charge is 2.66. The summed E-state index contributed by atoms with van der Waals surface area (Å²) in [5, 5.41) is 11.7. The highest BCUT2D eigenvalue weighted by molar-refractivity contribution is 5.84. The number of rotatable bonds is 0. The van der Waals surface area contributed by atoms with E-state index in [1.807, 2.05) is 26.8 Å². The largest absolute Gasteiger partial charge is 0.458 e. The molecular formula is C30H42O7. The number of ether oxygens (including phenoxy) is 4. The third-order valence-electron chi connectivity index (χ3n) is 11.1.